The lowest BCUT2D eigenvalue weighted by atomic mass is 10.0. The highest BCUT2D eigenvalue weighted by Crippen LogP contribution is 2.32. The molecule has 4 aliphatic rings. The highest BCUT2D eigenvalue weighted by molar-refractivity contribution is 5.88. The van der Waals surface area contributed by atoms with Crippen LogP contribution in [0.25, 0.3) is 0 Å². The number of fused-ring (bicyclic) bond motifs is 4. The van der Waals surface area contributed by atoms with Gasteiger partial charge >= 0.3 is 18.0 Å². The first kappa shape index (κ1) is 48.5. The Kier molecular flexibility index (Phi) is 18.6. The second-order valence-corrected chi connectivity index (χ2v) is 13.9. The van der Waals surface area contributed by atoms with Gasteiger partial charge in [-0.05, 0) is 36.8 Å². The Hall–Kier alpha value is -5.86. The van der Waals surface area contributed by atoms with E-state index in [-0.39, 0.29) is 58.9 Å². The van der Waals surface area contributed by atoms with Gasteiger partial charge in [0, 0.05) is 27.2 Å². The van der Waals surface area contributed by atoms with E-state index in [1.165, 1.54) is 15.0 Å². The van der Waals surface area contributed by atoms with Gasteiger partial charge in [-0.3, -0.25) is 24.1 Å². The van der Waals surface area contributed by atoms with E-state index in [0.717, 1.165) is 22.5 Å². The molecule has 6 heterocycles. The van der Waals surface area contributed by atoms with E-state index in [0.29, 0.717) is 58.6 Å². The lowest BCUT2D eigenvalue weighted by Crippen LogP contribution is -2.49. The van der Waals surface area contributed by atoms with Crippen LogP contribution in [0.2, 0.25) is 0 Å². The van der Waals surface area contributed by atoms with Gasteiger partial charge in [-0.15, -0.1) is 0 Å². The van der Waals surface area contributed by atoms with E-state index in [4.69, 9.17) is 25.5 Å². The zero-order chi connectivity index (χ0) is 40.3. The number of hydrogen-bond donors (Lipinski definition) is 3. The number of hydroxylamine groups is 5. The molecule has 8 rings (SSSR count). The second kappa shape index (κ2) is 23.1. The first-order valence-electron chi connectivity index (χ1n) is 18.5. The van der Waals surface area contributed by atoms with Crippen molar-refractivity contribution in [2.45, 2.75) is 98.6 Å². The summed E-state index contributed by atoms with van der Waals surface area (Å²) in [5.41, 5.74) is 6.23. The van der Waals surface area contributed by atoms with Crippen LogP contribution in [0.15, 0.2) is 85.7 Å². The Morgan fingerprint density at radius 2 is 1.15 bits per heavy atom. The predicted molar refractivity (Wildman–Crippen MR) is 220 cm³/mol. The molecule has 2 aromatic heterocycles. The average Bonchev–Trinajstić information content (AvgIpc) is 3.95. The van der Waals surface area contributed by atoms with E-state index in [2.05, 4.69) is 20.3 Å². The van der Waals surface area contributed by atoms with Gasteiger partial charge < -0.3 is 24.0 Å². The number of aliphatic carboxylic acids is 1. The summed E-state index contributed by atoms with van der Waals surface area (Å²) in [4.78, 5) is 80.4. The van der Waals surface area contributed by atoms with Crippen LogP contribution in [0.3, 0.4) is 0 Å². The van der Waals surface area contributed by atoms with Gasteiger partial charge in [0.05, 0.1) is 48.5 Å². The van der Waals surface area contributed by atoms with Crippen molar-refractivity contribution in [1.29, 1.82) is 0 Å². The minimum absolute atomic E-state index is 0. The van der Waals surface area contributed by atoms with Crippen LogP contribution in [0.1, 0.15) is 70.5 Å². The summed E-state index contributed by atoms with van der Waals surface area (Å²) >= 11 is 0. The fourth-order valence-corrected chi connectivity index (χ4v) is 6.94. The lowest BCUT2D eigenvalue weighted by Gasteiger charge is -2.28. The smallest absolute Gasteiger partial charge is 0.345 e. The zero-order valence-corrected chi connectivity index (χ0v) is 31.8. The molecule has 4 saturated heterocycles. The third kappa shape index (κ3) is 11.9. The SMILES string of the molecule is C.C.C.Cn1cncc1CON.Cn1cncc1CONC(=O)[C@@H]1CC[C@@H]2CN1C(=O)N2OCc1ccccc1.O=C(O)[C@@H]1CC[C@@H]2CN1C(=O)N2OCc1ccccc1. The fourth-order valence-electron chi connectivity index (χ4n) is 6.94. The maximum absolute atomic E-state index is 12.7. The second-order valence-electron chi connectivity index (χ2n) is 13.9. The number of amides is 5. The number of piperidine rings is 2. The molecule has 328 valence electrons. The van der Waals surface area contributed by atoms with Crippen LogP contribution in [0, 0.1) is 0 Å². The van der Waals surface area contributed by atoms with Crippen LogP contribution >= 0.6 is 0 Å². The number of rotatable bonds is 13. The minimum atomic E-state index is -0.943. The third-order valence-electron chi connectivity index (χ3n) is 10.1. The molecular weight excluding hydrogens is 777 g/mol. The molecule has 19 nitrogen and oxygen atoms in total. The number of carbonyl (C=O) groups excluding carboxylic acids is 3. The molecule has 4 aromatic rings. The number of nitrogens with zero attached hydrogens (tertiary/aromatic N) is 8. The highest BCUT2D eigenvalue weighted by Gasteiger charge is 2.49. The topological polar surface area (TPSA) is 212 Å². The van der Waals surface area contributed by atoms with Crippen molar-refractivity contribution < 1.29 is 43.6 Å². The molecule has 2 aromatic carbocycles. The number of nitrogens with two attached hydrogens (primary N) is 1. The molecule has 0 aliphatic carbocycles. The quantitative estimate of drug-likeness (QED) is 0.158. The van der Waals surface area contributed by atoms with Gasteiger partial charge in [0.15, 0.2) is 0 Å². The lowest BCUT2D eigenvalue weighted by molar-refractivity contribution is -0.143. The predicted octanol–water partition coefficient (Wildman–Crippen LogP) is 4.56. The number of hydrogen-bond acceptors (Lipinski definition) is 11. The number of aromatic nitrogens is 4. The molecule has 4 fully saturated rings. The van der Waals surface area contributed by atoms with Gasteiger partial charge in [0.2, 0.25) is 0 Å². The minimum Gasteiger partial charge on any atom is -0.480 e. The third-order valence-corrected chi connectivity index (χ3v) is 10.1. The summed E-state index contributed by atoms with van der Waals surface area (Å²) in [6.45, 7) is 2.17. The van der Waals surface area contributed by atoms with Gasteiger partial charge in [-0.2, -0.15) is 10.1 Å². The maximum Gasteiger partial charge on any atom is 0.345 e. The van der Waals surface area contributed by atoms with Crippen LogP contribution in [0.4, 0.5) is 9.59 Å². The molecule has 5 amide bonds. The van der Waals surface area contributed by atoms with Gasteiger partial charge in [0.1, 0.15) is 38.5 Å². The molecule has 4 bridgehead atoms. The van der Waals surface area contributed by atoms with Crippen molar-refractivity contribution in [2.75, 3.05) is 13.1 Å². The summed E-state index contributed by atoms with van der Waals surface area (Å²) in [6, 6.07) is 17.3. The molecule has 4 aliphatic heterocycles. The Labute approximate surface area is 351 Å². The van der Waals surface area contributed by atoms with Gasteiger partial charge in [-0.25, -0.2) is 35.7 Å². The number of nitrogens with one attached hydrogen (secondary N) is 1. The van der Waals surface area contributed by atoms with Crippen molar-refractivity contribution >= 4 is 23.9 Å². The Morgan fingerprint density at radius 3 is 1.58 bits per heavy atom. The maximum atomic E-state index is 12.7. The molecule has 0 saturated carbocycles. The standard InChI is InChI=1S/C19H23N5O4.C14H16N2O4.C5H9N3O.3CH4/c1-22-13-20-9-16(22)12-27-21-18(25)17-8-7-15-10-23(17)19(26)24(15)28-11-14-5-3-2-4-6-14;17-13(18)12-7-6-11-8-15(12)14(19)16(11)20-9-10-4-2-1-3-5-10;1-8-4-7-2-5(8)3-9-6;;;/h2-6,9,13,15,17H,7-8,10-12H2,1H3,(H,21,25);1-5,11-12H,6-9H2,(H,17,18);2,4H,3,6H2,1H3;3*1H4/t15-,17+;11-,12+;;;;/m11..../s1. The summed E-state index contributed by atoms with van der Waals surface area (Å²) < 4.78 is 3.66. The molecular formula is C41H60N10O9. The summed E-state index contributed by atoms with van der Waals surface area (Å²) in [5.74, 6) is 3.58. The summed E-state index contributed by atoms with van der Waals surface area (Å²) in [5, 5.41) is 11.9. The Balaban J connectivity index is 0.000000263. The van der Waals surface area contributed by atoms with Crippen molar-refractivity contribution in [1.82, 2.24) is 44.5 Å². The van der Waals surface area contributed by atoms with E-state index in [9.17, 15) is 19.2 Å². The summed E-state index contributed by atoms with van der Waals surface area (Å²) in [7, 11) is 3.74. The number of aryl methyl sites for hydroxylation is 2. The Morgan fingerprint density at radius 1 is 0.700 bits per heavy atom. The monoisotopic (exact) mass is 836 g/mol. The molecule has 0 radical (unpaired) electrons. The van der Waals surface area contributed by atoms with Crippen molar-refractivity contribution in [3.05, 3.63) is 108 Å². The molecule has 0 unspecified atom stereocenters. The van der Waals surface area contributed by atoms with Crippen molar-refractivity contribution in [2.24, 2.45) is 20.0 Å². The van der Waals surface area contributed by atoms with Crippen LogP contribution < -0.4 is 11.4 Å². The first-order valence-corrected chi connectivity index (χ1v) is 18.5. The molecule has 4 atom stereocenters. The van der Waals surface area contributed by atoms with Crippen molar-refractivity contribution in [3.8, 4) is 0 Å². The number of carboxylic acids is 1. The summed E-state index contributed by atoms with van der Waals surface area (Å²) in [6.07, 6.45) is 9.17. The largest absolute Gasteiger partial charge is 0.480 e. The number of carbonyl (C=O) groups is 4. The number of urea groups is 2. The average molecular weight is 837 g/mol. The normalized spacial score (nSPS) is 19.8. The van der Waals surface area contributed by atoms with Gasteiger partial charge in [-0.1, -0.05) is 82.9 Å². The van der Waals surface area contributed by atoms with Crippen molar-refractivity contribution in [3.63, 3.8) is 0 Å². The number of benzene rings is 2. The van der Waals surface area contributed by atoms with E-state index in [1.54, 1.807) is 29.9 Å². The fraction of sp³-hybridized carbons (Fsp3) is 0.463. The molecule has 60 heavy (non-hydrogen) atoms. The number of imidazole rings is 2. The van der Waals surface area contributed by atoms with E-state index >= 15 is 0 Å². The van der Waals surface area contributed by atoms with Crippen LogP contribution in [0.5, 0.6) is 0 Å². The Bertz CT molecular complexity index is 1950. The molecule has 19 heteroatoms. The molecule has 0 spiro atoms. The number of carboxylic acid groups (broad SMARTS) is 1. The van der Waals surface area contributed by atoms with Crippen LogP contribution in [-0.4, -0.2) is 105 Å². The van der Waals surface area contributed by atoms with E-state index in [1.807, 2.05) is 83.9 Å². The van der Waals surface area contributed by atoms with E-state index < -0.39 is 18.1 Å². The zero-order valence-electron chi connectivity index (χ0n) is 31.8. The van der Waals surface area contributed by atoms with Gasteiger partial charge in [0.25, 0.3) is 5.91 Å². The van der Waals surface area contributed by atoms with Crippen LogP contribution in [-0.2, 0) is 69.5 Å². The molecule has 4 N–H and O–H groups in total. The first-order chi connectivity index (χ1) is 27.6. The highest BCUT2D eigenvalue weighted by atomic mass is 16.7.